The van der Waals surface area contributed by atoms with Gasteiger partial charge in [0.1, 0.15) is 0 Å². The lowest BCUT2D eigenvalue weighted by atomic mass is 10.3. The lowest BCUT2D eigenvalue weighted by Crippen LogP contribution is -2.33. The predicted molar refractivity (Wildman–Crippen MR) is 73.6 cm³/mol. The van der Waals surface area contributed by atoms with Crippen LogP contribution in [0.5, 0.6) is 0 Å². The first-order valence-electron chi connectivity index (χ1n) is 6.17. The van der Waals surface area contributed by atoms with Crippen molar-refractivity contribution in [2.45, 2.75) is 60.0 Å². The van der Waals surface area contributed by atoms with Crippen LogP contribution in [0.3, 0.4) is 0 Å². The highest BCUT2D eigenvalue weighted by Gasteiger charge is 2.25. The van der Waals surface area contributed by atoms with E-state index in [2.05, 4.69) is 38.4 Å². The van der Waals surface area contributed by atoms with Gasteiger partial charge in [-0.05, 0) is 27.7 Å². The van der Waals surface area contributed by atoms with Crippen molar-refractivity contribution in [2.75, 3.05) is 13.7 Å². The molecule has 17 heavy (non-hydrogen) atoms. The Hall–Kier alpha value is -0.200. The van der Waals surface area contributed by atoms with Gasteiger partial charge in [0.2, 0.25) is 0 Å². The molecule has 0 rings (SSSR count). The van der Waals surface area contributed by atoms with Crippen molar-refractivity contribution in [2.24, 2.45) is 0 Å². The van der Waals surface area contributed by atoms with E-state index in [1.54, 1.807) is 7.11 Å². The van der Waals surface area contributed by atoms with Crippen LogP contribution in [0.2, 0.25) is 0 Å². The highest BCUT2D eigenvalue weighted by atomic mass is 31.2. The second kappa shape index (κ2) is 12.3. The molecule has 0 fully saturated rings. The van der Waals surface area contributed by atoms with Crippen LogP contribution in [0.1, 0.15) is 48.0 Å². The minimum atomic E-state index is -1.03. The van der Waals surface area contributed by atoms with E-state index >= 15 is 0 Å². The van der Waals surface area contributed by atoms with Crippen molar-refractivity contribution in [1.29, 1.82) is 5.26 Å². The monoisotopic (exact) mass is 262 g/mol. The Morgan fingerprint density at radius 1 is 1.18 bits per heavy atom. The maximum atomic E-state index is 8.43. The molecule has 5 heteroatoms. The van der Waals surface area contributed by atoms with Crippen LogP contribution in [0.4, 0.5) is 0 Å². The third kappa shape index (κ3) is 8.51. The van der Waals surface area contributed by atoms with E-state index in [0.717, 1.165) is 0 Å². The van der Waals surface area contributed by atoms with Crippen molar-refractivity contribution in [3.05, 3.63) is 0 Å². The standard InChI is InChI=1S/C10H21N2O2P.C2H6/c1-9(2)12(10(3)4)15(13-5)14-8-6-7-11;1-2/h9-10H,6,8H2,1-5H3;1-2H3. The van der Waals surface area contributed by atoms with Crippen molar-refractivity contribution in [1.82, 2.24) is 4.67 Å². The van der Waals surface area contributed by atoms with Gasteiger partial charge < -0.3 is 9.05 Å². The summed E-state index contributed by atoms with van der Waals surface area (Å²) in [4.78, 5) is 0. The number of nitriles is 1. The topological polar surface area (TPSA) is 45.5 Å². The fourth-order valence-electron chi connectivity index (χ4n) is 1.36. The molecule has 0 aromatic rings. The molecule has 0 aliphatic heterocycles. The summed E-state index contributed by atoms with van der Waals surface area (Å²) in [5.41, 5.74) is 0. The summed E-state index contributed by atoms with van der Waals surface area (Å²) in [7, 11) is 0.618. The smallest absolute Gasteiger partial charge is 0.258 e. The van der Waals surface area contributed by atoms with E-state index in [-0.39, 0.29) is 0 Å². The van der Waals surface area contributed by atoms with Crippen LogP contribution in [0.15, 0.2) is 0 Å². The first-order valence-corrected chi connectivity index (χ1v) is 7.30. The molecule has 0 amide bonds. The SMILES string of the molecule is CC.COP(OCCC#N)N(C(C)C)C(C)C. The molecule has 0 heterocycles. The Bertz CT molecular complexity index is 197. The van der Waals surface area contributed by atoms with Crippen LogP contribution in [-0.2, 0) is 9.05 Å². The summed E-state index contributed by atoms with van der Waals surface area (Å²) >= 11 is 0. The fraction of sp³-hybridized carbons (Fsp3) is 0.917. The minimum absolute atomic E-state index is 0.373. The average molecular weight is 262 g/mol. The van der Waals surface area contributed by atoms with Crippen molar-refractivity contribution < 1.29 is 9.05 Å². The Morgan fingerprint density at radius 2 is 1.65 bits per heavy atom. The highest BCUT2D eigenvalue weighted by molar-refractivity contribution is 7.44. The van der Waals surface area contributed by atoms with Crippen molar-refractivity contribution in [3.63, 3.8) is 0 Å². The lowest BCUT2D eigenvalue weighted by molar-refractivity contribution is 0.197. The number of nitrogens with zero attached hydrogens (tertiary/aromatic N) is 2. The Labute approximate surface area is 108 Å². The van der Waals surface area contributed by atoms with Gasteiger partial charge in [-0.1, -0.05) is 13.8 Å². The van der Waals surface area contributed by atoms with Crippen LogP contribution in [0, 0.1) is 11.3 Å². The second-order valence-electron chi connectivity index (χ2n) is 3.73. The van der Waals surface area contributed by atoms with E-state index in [4.69, 9.17) is 14.3 Å². The largest absolute Gasteiger partial charge is 0.325 e. The van der Waals surface area contributed by atoms with E-state index in [1.165, 1.54) is 0 Å². The Balaban J connectivity index is 0. The molecule has 0 aromatic carbocycles. The minimum Gasteiger partial charge on any atom is -0.325 e. The molecule has 0 N–H and O–H groups in total. The van der Waals surface area contributed by atoms with Crippen molar-refractivity contribution in [3.8, 4) is 6.07 Å². The summed E-state index contributed by atoms with van der Waals surface area (Å²) in [6, 6.07) is 2.80. The van der Waals surface area contributed by atoms with Crippen LogP contribution < -0.4 is 0 Å². The molecule has 1 unspecified atom stereocenters. The third-order valence-corrected chi connectivity index (χ3v) is 3.84. The molecule has 0 saturated heterocycles. The van der Waals surface area contributed by atoms with Crippen molar-refractivity contribution >= 4 is 8.53 Å². The molecule has 0 spiro atoms. The van der Waals surface area contributed by atoms with Crippen LogP contribution >= 0.6 is 8.53 Å². The zero-order chi connectivity index (χ0) is 13.8. The van der Waals surface area contributed by atoms with E-state index in [1.807, 2.05) is 13.8 Å². The molecule has 1 atom stereocenters. The molecule has 0 saturated carbocycles. The maximum absolute atomic E-state index is 8.43. The first-order chi connectivity index (χ1) is 8.04. The van der Waals surface area contributed by atoms with Gasteiger partial charge in [-0.2, -0.15) is 5.26 Å². The summed E-state index contributed by atoms with van der Waals surface area (Å²) in [6.07, 6.45) is 0.409. The third-order valence-electron chi connectivity index (χ3n) is 1.82. The number of rotatable bonds is 7. The highest BCUT2D eigenvalue weighted by Crippen LogP contribution is 2.44. The predicted octanol–water partition coefficient (Wildman–Crippen LogP) is 3.93. The van der Waals surface area contributed by atoms with Crippen LogP contribution in [-0.4, -0.2) is 30.5 Å². The Morgan fingerprint density at radius 3 is 1.94 bits per heavy atom. The zero-order valence-electron chi connectivity index (χ0n) is 12.2. The summed E-state index contributed by atoms with van der Waals surface area (Å²) in [6.45, 7) is 12.9. The second-order valence-corrected chi connectivity index (χ2v) is 5.29. The van der Waals surface area contributed by atoms with Gasteiger partial charge in [-0.3, -0.25) is 0 Å². The molecule has 0 bridgehead atoms. The van der Waals surface area contributed by atoms with E-state index in [0.29, 0.717) is 25.1 Å². The van der Waals surface area contributed by atoms with E-state index < -0.39 is 8.53 Å². The summed E-state index contributed by atoms with van der Waals surface area (Å²) < 4.78 is 13.1. The van der Waals surface area contributed by atoms with Gasteiger partial charge in [0.15, 0.2) is 0 Å². The molecule has 0 aliphatic carbocycles. The lowest BCUT2D eigenvalue weighted by Gasteiger charge is -2.34. The molecular formula is C12H27N2O2P. The fourth-order valence-corrected chi connectivity index (χ4v) is 2.79. The van der Waals surface area contributed by atoms with Gasteiger partial charge >= 0.3 is 0 Å². The molecule has 4 nitrogen and oxygen atoms in total. The van der Waals surface area contributed by atoms with Gasteiger partial charge in [0.25, 0.3) is 8.53 Å². The Kier molecular flexibility index (Phi) is 13.8. The average Bonchev–Trinajstić information content (AvgIpc) is 2.29. The van der Waals surface area contributed by atoms with Gasteiger partial charge in [-0.25, -0.2) is 4.67 Å². The normalized spacial score (nSPS) is 12.3. The summed E-state index contributed by atoms with van der Waals surface area (Å²) in [5.74, 6) is 0. The van der Waals surface area contributed by atoms with Gasteiger partial charge in [0.05, 0.1) is 19.1 Å². The van der Waals surface area contributed by atoms with Crippen LogP contribution in [0.25, 0.3) is 0 Å². The van der Waals surface area contributed by atoms with E-state index in [9.17, 15) is 0 Å². The zero-order valence-corrected chi connectivity index (χ0v) is 13.1. The van der Waals surface area contributed by atoms with Gasteiger partial charge in [-0.15, -0.1) is 0 Å². The molecule has 102 valence electrons. The first kappa shape index (κ1) is 19.1. The molecular weight excluding hydrogens is 235 g/mol. The molecule has 0 aliphatic rings. The number of hydrogen-bond acceptors (Lipinski definition) is 4. The molecule has 0 aromatic heterocycles. The maximum Gasteiger partial charge on any atom is 0.258 e. The van der Waals surface area contributed by atoms with Gasteiger partial charge in [0, 0.05) is 19.2 Å². The molecule has 0 radical (unpaired) electrons. The summed E-state index contributed by atoms with van der Waals surface area (Å²) in [5, 5.41) is 8.43. The number of hydrogen-bond donors (Lipinski definition) is 0. The quantitative estimate of drug-likeness (QED) is 0.515.